The quantitative estimate of drug-likeness (QED) is 0.544. The Morgan fingerprint density at radius 3 is 2.50 bits per heavy atom. The van der Waals surface area contributed by atoms with Crippen LogP contribution in [0.4, 0.5) is 0 Å². The molecular formula is C21H25N5. The smallest absolute Gasteiger partial charge is 0.154 e. The first-order valence-electron chi connectivity index (χ1n) is 9.08. The van der Waals surface area contributed by atoms with Crippen LogP contribution < -0.4 is 0 Å². The van der Waals surface area contributed by atoms with Gasteiger partial charge in [0.2, 0.25) is 0 Å². The zero-order valence-electron chi connectivity index (χ0n) is 16.3. The van der Waals surface area contributed by atoms with Gasteiger partial charge in [-0.25, -0.2) is 9.50 Å². The fourth-order valence-electron chi connectivity index (χ4n) is 3.68. The summed E-state index contributed by atoms with van der Waals surface area (Å²) in [5.74, 6) is 0.432. The number of aryl methyl sites for hydroxylation is 2. The van der Waals surface area contributed by atoms with Crippen molar-refractivity contribution >= 4 is 16.6 Å². The molecule has 26 heavy (non-hydrogen) atoms. The minimum absolute atomic E-state index is 0.305. The van der Waals surface area contributed by atoms with Crippen molar-refractivity contribution < 1.29 is 0 Å². The zero-order chi connectivity index (χ0) is 18.6. The molecule has 0 atom stereocenters. The predicted molar refractivity (Wildman–Crippen MR) is 105 cm³/mol. The van der Waals surface area contributed by atoms with Gasteiger partial charge in [-0.1, -0.05) is 13.8 Å². The predicted octanol–water partition coefficient (Wildman–Crippen LogP) is 4.60. The molecule has 4 heterocycles. The summed E-state index contributed by atoms with van der Waals surface area (Å²) >= 11 is 0. The molecule has 0 spiro atoms. The molecule has 5 nitrogen and oxygen atoms in total. The number of pyridine rings is 1. The Balaban J connectivity index is 1.99. The molecule has 4 aromatic rings. The molecule has 0 amide bonds. The maximum absolute atomic E-state index is 4.60. The number of fused-ring (bicyclic) bond motifs is 2. The molecule has 0 fully saturated rings. The molecule has 0 aromatic carbocycles. The Hall–Kier alpha value is -2.69. The molecule has 0 radical (unpaired) electrons. The first-order valence-corrected chi connectivity index (χ1v) is 9.08. The van der Waals surface area contributed by atoms with Crippen molar-refractivity contribution in [2.45, 2.75) is 53.0 Å². The van der Waals surface area contributed by atoms with Crippen molar-refractivity contribution in [2.24, 2.45) is 0 Å². The van der Waals surface area contributed by atoms with Crippen molar-refractivity contribution in [1.82, 2.24) is 24.1 Å². The van der Waals surface area contributed by atoms with E-state index in [0.29, 0.717) is 5.92 Å². The van der Waals surface area contributed by atoms with Gasteiger partial charge < -0.3 is 4.57 Å². The molecule has 0 aliphatic heterocycles. The van der Waals surface area contributed by atoms with E-state index in [1.165, 1.54) is 16.5 Å². The van der Waals surface area contributed by atoms with E-state index in [0.717, 1.165) is 22.6 Å². The Morgan fingerprint density at radius 2 is 1.77 bits per heavy atom. The summed E-state index contributed by atoms with van der Waals surface area (Å²) in [7, 11) is 0. The second-order valence-electron chi connectivity index (χ2n) is 7.96. The summed E-state index contributed by atoms with van der Waals surface area (Å²) in [5.41, 5.74) is 6.30. The molecule has 0 unspecified atom stereocenters. The molecular weight excluding hydrogens is 322 g/mol. The van der Waals surface area contributed by atoms with Gasteiger partial charge in [-0.3, -0.25) is 4.98 Å². The van der Waals surface area contributed by atoms with Crippen molar-refractivity contribution in [1.29, 1.82) is 0 Å². The molecule has 5 heteroatoms. The van der Waals surface area contributed by atoms with Gasteiger partial charge in [0, 0.05) is 23.5 Å². The highest BCUT2D eigenvalue weighted by Gasteiger charge is 2.30. The Labute approximate surface area is 153 Å². The zero-order valence-corrected chi connectivity index (χ0v) is 16.3. The number of hydrogen-bond donors (Lipinski definition) is 0. The summed E-state index contributed by atoms with van der Waals surface area (Å²) in [5, 5.41) is 5.82. The van der Waals surface area contributed by atoms with Gasteiger partial charge in [0.05, 0.1) is 29.1 Å². The summed E-state index contributed by atoms with van der Waals surface area (Å²) in [6.45, 7) is 13.0. The highest BCUT2D eigenvalue weighted by molar-refractivity contribution is 5.84. The highest BCUT2D eigenvalue weighted by Crippen LogP contribution is 2.35. The van der Waals surface area contributed by atoms with E-state index in [-0.39, 0.29) is 5.54 Å². The van der Waals surface area contributed by atoms with Gasteiger partial charge in [0.1, 0.15) is 0 Å². The Bertz CT molecular complexity index is 1110. The first-order chi connectivity index (χ1) is 12.3. The SMILES string of the molecule is Cc1cnn2c(C(C)(C)n3cc(C(C)C)c4cnc(C)cc43)cnc2c1. The van der Waals surface area contributed by atoms with E-state index >= 15 is 0 Å². The second-order valence-corrected chi connectivity index (χ2v) is 7.96. The lowest BCUT2D eigenvalue weighted by Gasteiger charge is -2.27. The van der Waals surface area contributed by atoms with Crippen LogP contribution in [0.3, 0.4) is 0 Å². The maximum Gasteiger partial charge on any atom is 0.154 e. The van der Waals surface area contributed by atoms with Gasteiger partial charge in [-0.15, -0.1) is 0 Å². The van der Waals surface area contributed by atoms with Crippen LogP contribution in [-0.4, -0.2) is 24.1 Å². The summed E-state index contributed by atoms with van der Waals surface area (Å²) in [6, 6.07) is 4.23. The van der Waals surface area contributed by atoms with Gasteiger partial charge in [-0.2, -0.15) is 5.10 Å². The molecule has 0 aliphatic carbocycles. The molecule has 134 valence electrons. The second kappa shape index (κ2) is 5.66. The number of imidazole rings is 1. The number of nitrogens with zero attached hydrogens (tertiary/aromatic N) is 5. The maximum atomic E-state index is 4.60. The van der Waals surface area contributed by atoms with Crippen LogP contribution in [0.1, 0.15) is 56.1 Å². The van der Waals surface area contributed by atoms with E-state index in [9.17, 15) is 0 Å². The summed E-state index contributed by atoms with van der Waals surface area (Å²) < 4.78 is 4.29. The van der Waals surface area contributed by atoms with E-state index < -0.39 is 0 Å². The van der Waals surface area contributed by atoms with Crippen LogP contribution in [0.5, 0.6) is 0 Å². The molecule has 0 saturated heterocycles. The topological polar surface area (TPSA) is 48.0 Å². The number of aromatic nitrogens is 5. The van der Waals surface area contributed by atoms with Crippen LogP contribution >= 0.6 is 0 Å². The Morgan fingerprint density at radius 1 is 1.00 bits per heavy atom. The standard InChI is InChI=1S/C21H25N5/c1-13(2)17-12-25(18-8-15(4)22-10-16(17)18)21(5,6)19-11-23-20-7-14(3)9-24-26(19)20/h7-13H,1-6H3. The van der Waals surface area contributed by atoms with Crippen molar-refractivity contribution in [3.8, 4) is 0 Å². The molecule has 0 N–H and O–H groups in total. The van der Waals surface area contributed by atoms with E-state index in [4.69, 9.17) is 0 Å². The number of hydrogen-bond acceptors (Lipinski definition) is 3. The molecule has 0 saturated carbocycles. The lowest BCUT2D eigenvalue weighted by molar-refractivity contribution is 0.427. The summed E-state index contributed by atoms with van der Waals surface area (Å²) in [6.07, 6.45) is 8.10. The minimum Gasteiger partial charge on any atom is -0.336 e. The number of rotatable bonds is 3. The van der Waals surface area contributed by atoms with Crippen molar-refractivity contribution in [3.05, 3.63) is 59.4 Å². The van der Waals surface area contributed by atoms with Crippen LogP contribution in [0.25, 0.3) is 16.6 Å². The lowest BCUT2D eigenvalue weighted by Crippen LogP contribution is -2.29. The third-order valence-corrected chi connectivity index (χ3v) is 5.21. The minimum atomic E-state index is -0.305. The lowest BCUT2D eigenvalue weighted by atomic mass is 10.0. The van der Waals surface area contributed by atoms with E-state index in [2.05, 4.69) is 65.7 Å². The average Bonchev–Trinajstić information content (AvgIpc) is 3.15. The van der Waals surface area contributed by atoms with Crippen LogP contribution in [0, 0.1) is 13.8 Å². The van der Waals surface area contributed by atoms with Gasteiger partial charge >= 0.3 is 0 Å². The van der Waals surface area contributed by atoms with Crippen molar-refractivity contribution in [3.63, 3.8) is 0 Å². The molecule has 0 bridgehead atoms. The van der Waals surface area contributed by atoms with Gasteiger partial charge in [-0.05, 0) is 56.9 Å². The van der Waals surface area contributed by atoms with Crippen molar-refractivity contribution in [2.75, 3.05) is 0 Å². The Kier molecular flexibility index (Phi) is 3.65. The normalized spacial score (nSPS) is 12.6. The van der Waals surface area contributed by atoms with Crippen LogP contribution in [-0.2, 0) is 5.54 Å². The molecule has 0 aliphatic rings. The van der Waals surface area contributed by atoms with Gasteiger partial charge in [0.15, 0.2) is 5.65 Å². The third-order valence-electron chi connectivity index (χ3n) is 5.21. The molecule has 4 aromatic heterocycles. The third kappa shape index (κ3) is 2.42. The van der Waals surface area contributed by atoms with Crippen LogP contribution in [0.15, 0.2) is 36.9 Å². The highest BCUT2D eigenvalue weighted by atomic mass is 15.3. The largest absolute Gasteiger partial charge is 0.336 e. The van der Waals surface area contributed by atoms with E-state index in [1.807, 2.05) is 37.0 Å². The molecule has 4 rings (SSSR count). The monoisotopic (exact) mass is 347 g/mol. The first kappa shape index (κ1) is 16.8. The van der Waals surface area contributed by atoms with Gasteiger partial charge in [0.25, 0.3) is 0 Å². The fraction of sp³-hybridized carbons (Fsp3) is 0.381. The summed E-state index contributed by atoms with van der Waals surface area (Å²) in [4.78, 5) is 9.11. The van der Waals surface area contributed by atoms with E-state index in [1.54, 1.807) is 0 Å². The average molecular weight is 347 g/mol. The fourth-order valence-corrected chi connectivity index (χ4v) is 3.68. The van der Waals surface area contributed by atoms with Crippen LogP contribution in [0.2, 0.25) is 0 Å².